The van der Waals surface area contributed by atoms with Crippen molar-refractivity contribution in [3.8, 4) is 0 Å². The van der Waals surface area contributed by atoms with Crippen LogP contribution in [-0.2, 0) is 13.0 Å². The first-order valence-electron chi connectivity index (χ1n) is 5.70. The number of aryl methyl sites for hydroxylation is 1. The second kappa shape index (κ2) is 5.64. The van der Waals surface area contributed by atoms with Gasteiger partial charge >= 0.3 is 5.97 Å². The van der Waals surface area contributed by atoms with Crippen LogP contribution in [0.2, 0.25) is 0 Å². The van der Waals surface area contributed by atoms with Gasteiger partial charge in [-0.15, -0.1) is 11.3 Å². The van der Waals surface area contributed by atoms with E-state index in [0.717, 1.165) is 17.1 Å². The number of hydrogen-bond acceptors (Lipinski definition) is 4. The number of aromatic nitrogens is 1. The van der Waals surface area contributed by atoms with Gasteiger partial charge in [0.05, 0.1) is 5.56 Å². The lowest BCUT2D eigenvalue weighted by Gasteiger charge is -2.03. The van der Waals surface area contributed by atoms with Crippen LogP contribution in [0.4, 0.5) is 5.13 Å². The number of nitrogens with one attached hydrogen (secondary N) is 1. The van der Waals surface area contributed by atoms with Crippen LogP contribution in [0.5, 0.6) is 0 Å². The molecule has 2 N–H and O–H groups in total. The van der Waals surface area contributed by atoms with Crippen LogP contribution in [0.1, 0.15) is 27.7 Å². The average molecular weight is 262 g/mol. The van der Waals surface area contributed by atoms with Gasteiger partial charge in [0.25, 0.3) is 0 Å². The smallest absolute Gasteiger partial charge is 0.335 e. The van der Waals surface area contributed by atoms with Gasteiger partial charge < -0.3 is 10.4 Å². The Morgan fingerprint density at radius 3 is 3.00 bits per heavy atom. The minimum atomic E-state index is -0.903. The van der Waals surface area contributed by atoms with Gasteiger partial charge in [-0.2, -0.15) is 0 Å². The number of nitrogens with zero attached hydrogens (tertiary/aromatic N) is 1. The number of carboxylic acids is 1. The van der Waals surface area contributed by atoms with Crippen molar-refractivity contribution in [1.29, 1.82) is 0 Å². The normalized spacial score (nSPS) is 10.3. The van der Waals surface area contributed by atoms with Crippen LogP contribution < -0.4 is 5.32 Å². The van der Waals surface area contributed by atoms with Crippen molar-refractivity contribution >= 4 is 22.4 Å². The molecule has 0 spiro atoms. The third kappa shape index (κ3) is 3.07. The third-order valence-electron chi connectivity index (χ3n) is 2.52. The van der Waals surface area contributed by atoms with Gasteiger partial charge in [-0.25, -0.2) is 9.78 Å². The summed E-state index contributed by atoms with van der Waals surface area (Å²) in [4.78, 5) is 16.3. The van der Waals surface area contributed by atoms with E-state index in [1.165, 1.54) is 4.88 Å². The molecule has 94 valence electrons. The van der Waals surface area contributed by atoms with E-state index in [2.05, 4.69) is 17.2 Å². The lowest BCUT2D eigenvalue weighted by molar-refractivity contribution is 0.0697. The number of aromatic carboxylic acids is 1. The van der Waals surface area contributed by atoms with Crippen LogP contribution >= 0.6 is 11.3 Å². The first-order chi connectivity index (χ1) is 8.69. The molecule has 0 radical (unpaired) electrons. The maximum atomic E-state index is 10.8. The summed E-state index contributed by atoms with van der Waals surface area (Å²) in [7, 11) is 0. The van der Waals surface area contributed by atoms with E-state index >= 15 is 0 Å². The molecule has 2 rings (SSSR count). The molecule has 0 aliphatic rings. The molecular formula is C13H14N2O2S. The summed E-state index contributed by atoms with van der Waals surface area (Å²) in [6.07, 6.45) is 2.84. The summed E-state index contributed by atoms with van der Waals surface area (Å²) < 4.78 is 0. The molecule has 18 heavy (non-hydrogen) atoms. The van der Waals surface area contributed by atoms with Gasteiger partial charge in [0.15, 0.2) is 5.13 Å². The molecule has 0 amide bonds. The van der Waals surface area contributed by atoms with Crippen LogP contribution in [0.15, 0.2) is 30.5 Å². The van der Waals surface area contributed by atoms with E-state index < -0.39 is 5.97 Å². The highest BCUT2D eigenvalue weighted by Gasteiger charge is 2.04. The maximum Gasteiger partial charge on any atom is 0.335 e. The zero-order chi connectivity index (χ0) is 13.0. The fraction of sp³-hybridized carbons (Fsp3) is 0.231. The fourth-order valence-corrected chi connectivity index (χ4v) is 2.29. The van der Waals surface area contributed by atoms with E-state index in [1.807, 2.05) is 12.3 Å². The second-order valence-corrected chi connectivity index (χ2v) is 4.96. The van der Waals surface area contributed by atoms with Crippen LogP contribution in [0.3, 0.4) is 0 Å². The van der Waals surface area contributed by atoms with E-state index in [0.29, 0.717) is 12.1 Å². The Kier molecular flexibility index (Phi) is 3.94. The Morgan fingerprint density at radius 2 is 2.33 bits per heavy atom. The summed E-state index contributed by atoms with van der Waals surface area (Å²) in [5.74, 6) is -0.903. The quantitative estimate of drug-likeness (QED) is 0.869. The molecule has 0 aliphatic carbocycles. The average Bonchev–Trinajstić information content (AvgIpc) is 2.84. The molecule has 4 nitrogen and oxygen atoms in total. The minimum Gasteiger partial charge on any atom is -0.478 e. The minimum absolute atomic E-state index is 0.308. The van der Waals surface area contributed by atoms with Crippen molar-refractivity contribution < 1.29 is 9.90 Å². The van der Waals surface area contributed by atoms with Gasteiger partial charge in [0.2, 0.25) is 0 Å². The van der Waals surface area contributed by atoms with Crippen molar-refractivity contribution in [3.05, 3.63) is 46.5 Å². The number of thiazole rings is 1. The Labute approximate surface area is 109 Å². The monoisotopic (exact) mass is 262 g/mol. The van der Waals surface area contributed by atoms with E-state index in [-0.39, 0.29) is 0 Å². The predicted octanol–water partition coefficient (Wildman–Crippen LogP) is 3.02. The van der Waals surface area contributed by atoms with E-state index in [1.54, 1.807) is 29.5 Å². The van der Waals surface area contributed by atoms with Crippen molar-refractivity contribution in [1.82, 2.24) is 4.98 Å². The van der Waals surface area contributed by atoms with Gasteiger partial charge in [0.1, 0.15) is 0 Å². The maximum absolute atomic E-state index is 10.8. The van der Waals surface area contributed by atoms with Crippen molar-refractivity contribution in [3.63, 3.8) is 0 Å². The molecule has 0 bridgehead atoms. The Hall–Kier alpha value is -1.88. The first kappa shape index (κ1) is 12.6. The fourth-order valence-electron chi connectivity index (χ4n) is 1.54. The number of benzene rings is 1. The first-order valence-corrected chi connectivity index (χ1v) is 6.51. The standard InChI is InChI=1S/C13H14N2O2S/c1-2-11-8-15-13(18-11)14-7-9-4-3-5-10(6-9)12(16)17/h3-6,8H,2,7H2,1H3,(H,14,15)(H,16,17). The SMILES string of the molecule is CCc1cnc(NCc2cccc(C(=O)O)c2)s1. The summed E-state index contributed by atoms with van der Waals surface area (Å²) >= 11 is 1.62. The van der Waals surface area contributed by atoms with Gasteiger partial charge in [-0.05, 0) is 24.1 Å². The Bertz CT molecular complexity index is 551. The molecule has 0 fully saturated rings. The largest absolute Gasteiger partial charge is 0.478 e. The lowest BCUT2D eigenvalue weighted by Crippen LogP contribution is -2.01. The zero-order valence-corrected chi connectivity index (χ0v) is 10.8. The van der Waals surface area contributed by atoms with Crippen molar-refractivity contribution in [2.45, 2.75) is 19.9 Å². The lowest BCUT2D eigenvalue weighted by atomic mass is 10.1. The molecule has 2 aromatic rings. The van der Waals surface area contributed by atoms with Crippen LogP contribution in [0, 0.1) is 0 Å². The summed E-state index contributed by atoms with van der Waals surface area (Å²) in [5.41, 5.74) is 1.24. The zero-order valence-electron chi connectivity index (χ0n) is 10.0. The molecule has 5 heteroatoms. The molecule has 1 heterocycles. The highest BCUT2D eigenvalue weighted by Crippen LogP contribution is 2.19. The molecule has 0 unspecified atom stereocenters. The molecule has 0 aliphatic heterocycles. The van der Waals surface area contributed by atoms with Crippen molar-refractivity contribution in [2.24, 2.45) is 0 Å². The van der Waals surface area contributed by atoms with E-state index in [4.69, 9.17) is 5.11 Å². The van der Waals surface area contributed by atoms with Crippen LogP contribution in [0.25, 0.3) is 0 Å². The van der Waals surface area contributed by atoms with Gasteiger partial charge in [0, 0.05) is 17.6 Å². The molecule has 0 atom stereocenters. The highest BCUT2D eigenvalue weighted by atomic mass is 32.1. The van der Waals surface area contributed by atoms with Gasteiger partial charge in [-0.1, -0.05) is 19.1 Å². The summed E-state index contributed by atoms with van der Waals surface area (Å²) in [5, 5.41) is 13.0. The molecule has 1 aromatic heterocycles. The number of rotatable bonds is 5. The molecular weight excluding hydrogens is 248 g/mol. The highest BCUT2D eigenvalue weighted by molar-refractivity contribution is 7.15. The Morgan fingerprint density at radius 1 is 1.50 bits per heavy atom. The summed E-state index contributed by atoms with van der Waals surface area (Å²) in [6, 6.07) is 6.90. The molecule has 0 saturated carbocycles. The van der Waals surface area contributed by atoms with Gasteiger partial charge in [-0.3, -0.25) is 0 Å². The molecule has 0 saturated heterocycles. The van der Waals surface area contributed by atoms with Crippen molar-refractivity contribution in [2.75, 3.05) is 5.32 Å². The van der Waals surface area contributed by atoms with Crippen LogP contribution in [-0.4, -0.2) is 16.1 Å². The topological polar surface area (TPSA) is 62.2 Å². The number of anilines is 1. The predicted molar refractivity (Wildman–Crippen MR) is 72.2 cm³/mol. The second-order valence-electron chi connectivity index (χ2n) is 3.84. The molecule has 1 aromatic carbocycles. The third-order valence-corrected chi connectivity index (χ3v) is 3.62. The Balaban J connectivity index is 2.01. The number of carbonyl (C=O) groups is 1. The van der Waals surface area contributed by atoms with E-state index in [9.17, 15) is 4.79 Å². The number of carboxylic acid groups (broad SMARTS) is 1. The number of hydrogen-bond donors (Lipinski definition) is 2. The summed E-state index contributed by atoms with van der Waals surface area (Å²) in [6.45, 7) is 2.67.